The summed E-state index contributed by atoms with van der Waals surface area (Å²) in [6.45, 7) is 3.23. The molecular weight excluding hydrogens is 400 g/mol. The van der Waals surface area contributed by atoms with Crippen molar-refractivity contribution in [1.29, 1.82) is 0 Å². The van der Waals surface area contributed by atoms with E-state index in [2.05, 4.69) is 16.3 Å². The van der Waals surface area contributed by atoms with Crippen LogP contribution in [0.25, 0.3) is 0 Å². The monoisotopic (exact) mass is 424 g/mol. The predicted octanol–water partition coefficient (Wildman–Crippen LogP) is 2.84. The highest BCUT2D eigenvalue weighted by molar-refractivity contribution is 7.98. The molecule has 1 fully saturated rings. The number of rotatable bonds is 7. The van der Waals surface area contributed by atoms with Gasteiger partial charge in [-0.3, -0.25) is 9.69 Å². The fourth-order valence-electron chi connectivity index (χ4n) is 2.95. The van der Waals surface area contributed by atoms with Crippen LogP contribution in [0.3, 0.4) is 0 Å². The predicted molar refractivity (Wildman–Crippen MR) is 112 cm³/mol. The van der Waals surface area contributed by atoms with E-state index in [4.69, 9.17) is 0 Å². The Balaban J connectivity index is 1.58. The van der Waals surface area contributed by atoms with E-state index in [0.29, 0.717) is 32.7 Å². The highest BCUT2D eigenvalue weighted by atomic mass is 32.2. The lowest BCUT2D eigenvalue weighted by atomic mass is 10.2. The number of thioether (sulfide) groups is 1. The molecule has 0 radical (unpaired) electrons. The Morgan fingerprint density at radius 3 is 2.52 bits per heavy atom. The van der Waals surface area contributed by atoms with Gasteiger partial charge in [-0.2, -0.15) is 0 Å². The SMILES string of the molecule is CS(=O)(=O)CCN1CCN(C(=O)c2ccccc2SCc2cccs2)CC1. The number of carbonyl (C=O) groups excluding carboxylic acids is 1. The molecule has 0 bridgehead atoms. The summed E-state index contributed by atoms with van der Waals surface area (Å²) < 4.78 is 22.6. The van der Waals surface area contributed by atoms with Gasteiger partial charge in [-0.05, 0) is 23.6 Å². The Hall–Kier alpha value is -1.35. The Morgan fingerprint density at radius 2 is 1.85 bits per heavy atom. The van der Waals surface area contributed by atoms with Crippen molar-refractivity contribution in [3.8, 4) is 0 Å². The van der Waals surface area contributed by atoms with Crippen LogP contribution in [0.2, 0.25) is 0 Å². The Bertz CT molecular complexity index is 858. The van der Waals surface area contributed by atoms with Crippen LogP contribution in [-0.2, 0) is 15.6 Å². The summed E-state index contributed by atoms with van der Waals surface area (Å²) in [4.78, 5) is 19.3. The zero-order chi connectivity index (χ0) is 19.3. The van der Waals surface area contributed by atoms with Crippen molar-refractivity contribution in [2.75, 3.05) is 44.7 Å². The molecule has 2 aromatic rings. The number of carbonyl (C=O) groups is 1. The minimum absolute atomic E-state index is 0.0621. The second kappa shape index (κ2) is 9.23. The number of hydrogen-bond donors (Lipinski definition) is 0. The Kier molecular flexibility index (Phi) is 6.97. The van der Waals surface area contributed by atoms with E-state index in [1.54, 1.807) is 23.1 Å². The van der Waals surface area contributed by atoms with E-state index in [1.807, 2.05) is 35.2 Å². The molecule has 0 N–H and O–H groups in total. The second-order valence-electron chi connectivity index (χ2n) is 6.63. The molecule has 8 heteroatoms. The number of nitrogens with zero attached hydrogens (tertiary/aromatic N) is 2. The molecule has 1 aromatic heterocycles. The molecule has 5 nitrogen and oxygen atoms in total. The van der Waals surface area contributed by atoms with Crippen LogP contribution in [0.15, 0.2) is 46.7 Å². The minimum atomic E-state index is -2.95. The summed E-state index contributed by atoms with van der Waals surface area (Å²) >= 11 is 3.42. The van der Waals surface area contributed by atoms with E-state index < -0.39 is 9.84 Å². The average molecular weight is 425 g/mol. The number of sulfone groups is 1. The maximum Gasteiger partial charge on any atom is 0.255 e. The first-order chi connectivity index (χ1) is 12.9. The van der Waals surface area contributed by atoms with Crippen molar-refractivity contribution in [2.45, 2.75) is 10.6 Å². The van der Waals surface area contributed by atoms with Crippen molar-refractivity contribution >= 4 is 38.8 Å². The van der Waals surface area contributed by atoms with Crippen molar-refractivity contribution < 1.29 is 13.2 Å². The van der Waals surface area contributed by atoms with Crippen molar-refractivity contribution in [2.24, 2.45) is 0 Å². The average Bonchev–Trinajstić information content (AvgIpc) is 3.18. The third kappa shape index (κ3) is 6.07. The molecule has 2 heterocycles. The van der Waals surface area contributed by atoms with Gasteiger partial charge >= 0.3 is 0 Å². The summed E-state index contributed by atoms with van der Waals surface area (Å²) in [5.74, 6) is 1.09. The molecule has 0 unspecified atom stereocenters. The van der Waals surface area contributed by atoms with E-state index in [-0.39, 0.29) is 11.7 Å². The molecule has 1 amide bonds. The Labute approximate surface area is 169 Å². The lowest BCUT2D eigenvalue weighted by Crippen LogP contribution is -2.49. The van der Waals surface area contributed by atoms with E-state index in [0.717, 1.165) is 16.2 Å². The largest absolute Gasteiger partial charge is 0.336 e. The molecule has 0 spiro atoms. The smallest absolute Gasteiger partial charge is 0.255 e. The first kappa shape index (κ1) is 20.4. The van der Waals surface area contributed by atoms with Crippen molar-refractivity contribution in [1.82, 2.24) is 9.80 Å². The van der Waals surface area contributed by atoms with E-state index in [9.17, 15) is 13.2 Å². The molecule has 0 aliphatic carbocycles. The number of piperazine rings is 1. The van der Waals surface area contributed by atoms with Crippen LogP contribution in [-0.4, -0.2) is 68.9 Å². The molecule has 146 valence electrons. The zero-order valence-electron chi connectivity index (χ0n) is 15.3. The molecule has 0 saturated carbocycles. The molecule has 1 aliphatic rings. The zero-order valence-corrected chi connectivity index (χ0v) is 17.8. The van der Waals surface area contributed by atoms with Crippen molar-refractivity contribution in [3.05, 3.63) is 52.2 Å². The molecular formula is C19H24N2O3S3. The summed E-state index contributed by atoms with van der Waals surface area (Å²) in [5.41, 5.74) is 0.753. The highest BCUT2D eigenvalue weighted by Crippen LogP contribution is 2.28. The number of hydrogen-bond acceptors (Lipinski definition) is 6. The minimum Gasteiger partial charge on any atom is -0.336 e. The van der Waals surface area contributed by atoms with Gasteiger partial charge in [0.2, 0.25) is 0 Å². The molecule has 0 atom stereocenters. The summed E-state index contributed by atoms with van der Waals surface area (Å²) in [6.07, 6.45) is 1.26. The number of benzene rings is 1. The van der Waals surface area contributed by atoms with Gasteiger partial charge in [-0.25, -0.2) is 8.42 Å². The lowest BCUT2D eigenvalue weighted by molar-refractivity contribution is 0.0640. The molecule has 3 rings (SSSR count). The summed E-state index contributed by atoms with van der Waals surface area (Å²) in [7, 11) is -2.95. The van der Waals surface area contributed by atoms with Crippen LogP contribution in [0.4, 0.5) is 0 Å². The Morgan fingerprint density at radius 1 is 1.11 bits per heavy atom. The van der Waals surface area contributed by atoms with Gasteiger partial charge in [0.05, 0.1) is 11.3 Å². The van der Waals surface area contributed by atoms with Gasteiger partial charge < -0.3 is 4.90 Å². The normalized spacial score (nSPS) is 15.8. The van der Waals surface area contributed by atoms with Crippen LogP contribution in [0.1, 0.15) is 15.2 Å². The molecule has 1 saturated heterocycles. The second-order valence-corrected chi connectivity index (χ2v) is 10.9. The summed E-state index contributed by atoms with van der Waals surface area (Å²) in [6, 6.07) is 11.9. The third-order valence-corrected chi connectivity index (χ3v) is 7.61. The van der Waals surface area contributed by atoms with E-state index >= 15 is 0 Å². The molecule has 1 aromatic carbocycles. The summed E-state index contributed by atoms with van der Waals surface area (Å²) in [5, 5.41) is 2.07. The number of thiophene rings is 1. The van der Waals surface area contributed by atoms with Gasteiger partial charge in [0.15, 0.2) is 0 Å². The first-order valence-electron chi connectivity index (χ1n) is 8.86. The highest BCUT2D eigenvalue weighted by Gasteiger charge is 2.24. The molecule has 27 heavy (non-hydrogen) atoms. The van der Waals surface area contributed by atoms with Gasteiger partial charge in [0.25, 0.3) is 5.91 Å². The maximum absolute atomic E-state index is 13.0. The van der Waals surface area contributed by atoms with Crippen LogP contribution < -0.4 is 0 Å². The van der Waals surface area contributed by atoms with Gasteiger partial charge in [0.1, 0.15) is 9.84 Å². The van der Waals surface area contributed by atoms with Crippen LogP contribution >= 0.6 is 23.1 Å². The van der Waals surface area contributed by atoms with Crippen LogP contribution in [0.5, 0.6) is 0 Å². The van der Waals surface area contributed by atoms with Gasteiger partial charge in [-0.15, -0.1) is 23.1 Å². The van der Waals surface area contributed by atoms with Crippen molar-refractivity contribution in [3.63, 3.8) is 0 Å². The van der Waals surface area contributed by atoms with Gasteiger partial charge in [0, 0.05) is 54.5 Å². The topological polar surface area (TPSA) is 57.7 Å². The standard InChI is InChI=1S/C19H24N2O3S3/c1-27(23,24)14-12-20-8-10-21(11-9-20)19(22)17-6-2-3-7-18(17)26-15-16-5-4-13-25-16/h2-7,13H,8-12,14-15H2,1H3. The maximum atomic E-state index is 13.0. The fourth-order valence-corrected chi connectivity index (χ4v) is 5.36. The molecule has 1 aliphatic heterocycles. The fraction of sp³-hybridized carbons (Fsp3) is 0.421. The van der Waals surface area contributed by atoms with Crippen LogP contribution in [0, 0.1) is 0 Å². The van der Waals surface area contributed by atoms with Gasteiger partial charge in [-0.1, -0.05) is 18.2 Å². The first-order valence-corrected chi connectivity index (χ1v) is 12.8. The van der Waals surface area contributed by atoms with E-state index in [1.165, 1.54) is 11.1 Å². The third-order valence-electron chi connectivity index (χ3n) is 4.51. The lowest BCUT2D eigenvalue weighted by Gasteiger charge is -2.34. The quantitative estimate of drug-likeness (QED) is 0.640. The number of amides is 1.